The molecule has 1 aliphatic carbocycles. The number of imidazole rings is 1. The monoisotopic (exact) mass is 279 g/mol. The molecule has 0 amide bonds. The summed E-state index contributed by atoms with van der Waals surface area (Å²) < 4.78 is 4.52. The van der Waals surface area contributed by atoms with Crippen LogP contribution < -0.4 is 5.73 Å². The van der Waals surface area contributed by atoms with Crippen molar-refractivity contribution in [1.82, 2.24) is 19.3 Å². The number of thioether (sulfide) groups is 1. The number of hydrogen-bond acceptors (Lipinski definition) is 4. The van der Waals surface area contributed by atoms with Crippen LogP contribution in [0, 0.1) is 6.92 Å². The molecule has 2 aromatic rings. The zero-order valence-electron chi connectivity index (χ0n) is 11.8. The Morgan fingerprint density at radius 3 is 2.68 bits per heavy atom. The highest BCUT2D eigenvalue weighted by Gasteiger charge is 2.37. The van der Waals surface area contributed by atoms with Crippen LogP contribution in [0.4, 0.5) is 5.95 Å². The maximum Gasteiger partial charge on any atom is 0.202 e. The standard InChI is InChI=1S/C13H21N5S/c1-4-18-11-10(9(2)16-18)15-12(14)17(11)8-13(19-3)6-5-7-13/h4-8H2,1-3H3,(H2,14,15). The van der Waals surface area contributed by atoms with E-state index >= 15 is 0 Å². The van der Waals surface area contributed by atoms with Gasteiger partial charge in [-0.3, -0.25) is 4.57 Å². The van der Waals surface area contributed by atoms with E-state index in [1.807, 2.05) is 23.4 Å². The molecule has 1 fully saturated rings. The Morgan fingerprint density at radius 1 is 1.42 bits per heavy atom. The van der Waals surface area contributed by atoms with E-state index in [1.54, 1.807) is 0 Å². The van der Waals surface area contributed by atoms with Crippen molar-refractivity contribution < 1.29 is 0 Å². The van der Waals surface area contributed by atoms with Gasteiger partial charge in [-0.15, -0.1) is 0 Å². The molecule has 2 heterocycles. The first-order valence-corrected chi connectivity index (χ1v) is 8.07. The zero-order valence-corrected chi connectivity index (χ0v) is 12.6. The number of nitrogens with zero attached hydrogens (tertiary/aromatic N) is 4. The Labute approximate surface area is 117 Å². The molecule has 104 valence electrons. The third kappa shape index (κ3) is 1.84. The predicted molar refractivity (Wildman–Crippen MR) is 80.4 cm³/mol. The molecule has 2 aromatic heterocycles. The van der Waals surface area contributed by atoms with E-state index in [0.29, 0.717) is 10.7 Å². The van der Waals surface area contributed by atoms with Crippen molar-refractivity contribution in [3.63, 3.8) is 0 Å². The molecule has 0 unspecified atom stereocenters. The van der Waals surface area contributed by atoms with Crippen LogP contribution in [0.5, 0.6) is 0 Å². The summed E-state index contributed by atoms with van der Waals surface area (Å²) in [6.45, 7) is 5.90. The average molecular weight is 279 g/mol. The minimum absolute atomic E-state index is 0.346. The van der Waals surface area contributed by atoms with Crippen molar-refractivity contribution in [2.24, 2.45) is 0 Å². The first kappa shape index (κ1) is 12.8. The lowest BCUT2D eigenvalue weighted by Crippen LogP contribution is -2.38. The molecule has 0 atom stereocenters. The van der Waals surface area contributed by atoms with Crippen LogP contribution in [0.3, 0.4) is 0 Å². The van der Waals surface area contributed by atoms with Crippen LogP contribution in [0.1, 0.15) is 31.9 Å². The van der Waals surface area contributed by atoms with E-state index < -0.39 is 0 Å². The van der Waals surface area contributed by atoms with Crippen molar-refractivity contribution in [2.45, 2.75) is 50.9 Å². The minimum atomic E-state index is 0.346. The molecule has 6 heteroatoms. The highest BCUT2D eigenvalue weighted by atomic mass is 32.2. The Kier molecular flexibility index (Phi) is 3.00. The van der Waals surface area contributed by atoms with E-state index in [-0.39, 0.29) is 0 Å². The van der Waals surface area contributed by atoms with Crippen LogP contribution in [0.25, 0.3) is 11.2 Å². The second-order valence-corrected chi connectivity index (χ2v) is 6.64. The summed E-state index contributed by atoms with van der Waals surface area (Å²) in [5.41, 5.74) is 9.13. The Hall–Kier alpha value is -1.17. The summed E-state index contributed by atoms with van der Waals surface area (Å²) in [5, 5.41) is 4.54. The number of nitrogen functional groups attached to an aromatic ring is 1. The molecule has 0 saturated heterocycles. The molecular formula is C13H21N5S. The van der Waals surface area contributed by atoms with Gasteiger partial charge in [-0.25, -0.2) is 9.67 Å². The van der Waals surface area contributed by atoms with Gasteiger partial charge in [0.2, 0.25) is 5.95 Å². The SMILES string of the molecule is CCn1nc(C)c2nc(N)n(CC3(SC)CCC3)c21. The zero-order chi connectivity index (χ0) is 13.6. The summed E-state index contributed by atoms with van der Waals surface area (Å²) in [7, 11) is 0. The van der Waals surface area contributed by atoms with Gasteiger partial charge >= 0.3 is 0 Å². The highest BCUT2D eigenvalue weighted by molar-refractivity contribution is 8.00. The number of hydrogen-bond donors (Lipinski definition) is 1. The third-order valence-corrected chi connectivity index (χ3v) is 5.68. The topological polar surface area (TPSA) is 61.7 Å². The second-order valence-electron chi connectivity index (χ2n) is 5.37. The van der Waals surface area contributed by atoms with Gasteiger partial charge in [0, 0.05) is 17.8 Å². The van der Waals surface area contributed by atoms with Crippen molar-refractivity contribution in [3.05, 3.63) is 5.69 Å². The average Bonchev–Trinajstić information content (AvgIpc) is 2.83. The number of fused-ring (bicyclic) bond motifs is 1. The quantitative estimate of drug-likeness (QED) is 0.933. The predicted octanol–water partition coefficient (Wildman–Crippen LogP) is 2.43. The van der Waals surface area contributed by atoms with Crippen molar-refractivity contribution >= 4 is 28.9 Å². The molecule has 1 aliphatic rings. The fourth-order valence-electron chi connectivity index (χ4n) is 2.90. The molecule has 3 rings (SSSR count). The Morgan fingerprint density at radius 2 is 2.16 bits per heavy atom. The number of anilines is 1. The smallest absolute Gasteiger partial charge is 0.202 e. The van der Waals surface area contributed by atoms with Crippen LogP contribution in [0.15, 0.2) is 0 Å². The first-order valence-electron chi connectivity index (χ1n) is 6.84. The maximum atomic E-state index is 6.13. The van der Waals surface area contributed by atoms with Gasteiger partial charge in [0.25, 0.3) is 0 Å². The highest BCUT2D eigenvalue weighted by Crippen LogP contribution is 2.45. The number of nitrogens with two attached hydrogens (primary N) is 1. The lowest BCUT2D eigenvalue weighted by Gasteiger charge is -2.40. The van der Waals surface area contributed by atoms with E-state index in [1.165, 1.54) is 19.3 Å². The van der Waals surface area contributed by atoms with Gasteiger partial charge in [0.1, 0.15) is 5.52 Å². The summed E-state index contributed by atoms with van der Waals surface area (Å²) in [6, 6.07) is 0. The van der Waals surface area contributed by atoms with E-state index in [2.05, 4.69) is 27.8 Å². The summed E-state index contributed by atoms with van der Waals surface area (Å²) >= 11 is 1.96. The fraction of sp³-hybridized carbons (Fsp3) is 0.692. The number of aromatic nitrogens is 4. The number of aryl methyl sites for hydroxylation is 2. The first-order chi connectivity index (χ1) is 9.10. The molecule has 19 heavy (non-hydrogen) atoms. The van der Waals surface area contributed by atoms with E-state index in [9.17, 15) is 0 Å². The Balaban J connectivity index is 2.09. The van der Waals surface area contributed by atoms with E-state index in [4.69, 9.17) is 5.73 Å². The molecule has 0 spiro atoms. The fourth-order valence-corrected chi connectivity index (χ4v) is 3.86. The lowest BCUT2D eigenvalue weighted by molar-refractivity contribution is 0.324. The van der Waals surface area contributed by atoms with Gasteiger partial charge in [-0.1, -0.05) is 6.42 Å². The minimum Gasteiger partial charge on any atom is -0.369 e. The molecule has 0 radical (unpaired) electrons. The normalized spacial score (nSPS) is 17.8. The summed E-state index contributed by atoms with van der Waals surface area (Å²) in [4.78, 5) is 4.51. The van der Waals surface area contributed by atoms with Gasteiger partial charge in [0.05, 0.1) is 5.69 Å². The van der Waals surface area contributed by atoms with E-state index in [0.717, 1.165) is 29.9 Å². The summed E-state index contributed by atoms with van der Waals surface area (Å²) in [5.74, 6) is 0.623. The van der Waals surface area contributed by atoms with Crippen molar-refractivity contribution in [1.29, 1.82) is 0 Å². The lowest BCUT2D eigenvalue weighted by atomic mass is 9.84. The number of rotatable bonds is 4. The maximum absolute atomic E-state index is 6.13. The Bertz CT molecular complexity index is 603. The van der Waals surface area contributed by atoms with Gasteiger partial charge < -0.3 is 5.73 Å². The molecule has 0 bridgehead atoms. The molecule has 5 nitrogen and oxygen atoms in total. The van der Waals surface area contributed by atoms with Gasteiger partial charge in [-0.2, -0.15) is 16.9 Å². The molecule has 0 aliphatic heterocycles. The summed E-state index contributed by atoms with van der Waals surface area (Å²) in [6.07, 6.45) is 6.07. The second kappa shape index (κ2) is 4.44. The van der Waals surface area contributed by atoms with Crippen LogP contribution in [-0.4, -0.2) is 30.3 Å². The third-order valence-electron chi connectivity index (χ3n) is 4.27. The van der Waals surface area contributed by atoms with Crippen molar-refractivity contribution in [3.8, 4) is 0 Å². The van der Waals surface area contributed by atoms with Crippen molar-refractivity contribution in [2.75, 3.05) is 12.0 Å². The largest absolute Gasteiger partial charge is 0.369 e. The molecule has 0 aromatic carbocycles. The van der Waals surface area contributed by atoms with Crippen LogP contribution in [-0.2, 0) is 13.1 Å². The molecular weight excluding hydrogens is 258 g/mol. The molecule has 2 N–H and O–H groups in total. The van der Waals surface area contributed by atoms with Gasteiger partial charge in [-0.05, 0) is 32.9 Å². The molecule has 1 saturated carbocycles. The van der Waals surface area contributed by atoms with Crippen LogP contribution >= 0.6 is 11.8 Å². The van der Waals surface area contributed by atoms with Crippen LogP contribution in [0.2, 0.25) is 0 Å². The van der Waals surface area contributed by atoms with Gasteiger partial charge in [0.15, 0.2) is 5.65 Å².